The summed E-state index contributed by atoms with van der Waals surface area (Å²) >= 11 is 0. The van der Waals surface area contributed by atoms with Crippen LogP contribution in [0.25, 0.3) is 0 Å². The highest BCUT2D eigenvalue weighted by molar-refractivity contribution is 5.94. The Morgan fingerprint density at radius 2 is 1.97 bits per heavy atom. The van der Waals surface area contributed by atoms with Crippen molar-refractivity contribution in [2.24, 2.45) is 5.92 Å². The first-order chi connectivity index (χ1) is 13.5. The lowest BCUT2D eigenvalue weighted by atomic mass is 9.97. The summed E-state index contributed by atoms with van der Waals surface area (Å²) in [6, 6.07) is 10.6. The molecule has 3 rings (SSSR count). The smallest absolute Gasteiger partial charge is 0.321 e. The Hall–Kier alpha value is -3.00. The van der Waals surface area contributed by atoms with Crippen molar-refractivity contribution < 1.29 is 18.7 Å². The molecular weight excluding hydrogens is 399 g/mol. The number of hydrogen-bond acceptors (Lipinski definition) is 4. The zero-order valence-electron chi connectivity index (χ0n) is 16.0. The summed E-state index contributed by atoms with van der Waals surface area (Å²) in [4.78, 5) is 26.6. The molecule has 0 spiro atoms. The SMILES string of the molecule is COc1ccc(NC(=O)C2CCCN(C(=O)Nc3ccccc3F)C2)cc1N.Cl. The number of halogens is 2. The number of nitrogen functional groups attached to an aromatic ring is 1. The van der Waals surface area contributed by atoms with Crippen LogP contribution in [0.4, 0.5) is 26.2 Å². The van der Waals surface area contributed by atoms with Gasteiger partial charge in [-0.25, -0.2) is 9.18 Å². The Labute approximate surface area is 174 Å². The van der Waals surface area contributed by atoms with Crippen LogP contribution >= 0.6 is 12.4 Å². The number of likely N-dealkylation sites (tertiary alicyclic amines) is 1. The molecule has 1 heterocycles. The molecule has 0 saturated carbocycles. The van der Waals surface area contributed by atoms with Crippen LogP contribution in [0.15, 0.2) is 42.5 Å². The Bertz CT molecular complexity index is 881. The van der Waals surface area contributed by atoms with E-state index in [9.17, 15) is 14.0 Å². The highest BCUT2D eigenvalue weighted by Gasteiger charge is 2.29. The third-order valence-electron chi connectivity index (χ3n) is 4.69. The molecule has 2 aromatic rings. The van der Waals surface area contributed by atoms with Crippen LogP contribution in [-0.2, 0) is 4.79 Å². The molecule has 4 N–H and O–H groups in total. The van der Waals surface area contributed by atoms with Crippen molar-refractivity contribution in [1.29, 1.82) is 0 Å². The Morgan fingerprint density at radius 3 is 2.66 bits per heavy atom. The van der Waals surface area contributed by atoms with E-state index in [1.165, 1.54) is 24.1 Å². The minimum absolute atomic E-state index is 0. The number of anilines is 3. The topological polar surface area (TPSA) is 96.7 Å². The number of urea groups is 1. The molecule has 1 unspecified atom stereocenters. The lowest BCUT2D eigenvalue weighted by molar-refractivity contribution is -0.121. The third kappa shape index (κ3) is 5.51. The number of amides is 3. The number of nitrogens with two attached hydrogens (primary N) is 1. The molecule has 2 aromatic carbocycles. The highest BCUT2D eigenvalue weighted by atomic mass is 35.5. The van der Waals surface area contributed by atoms with Gasteiger partial charge in [-0.2, -0.15) is 0 Å². The number of methoxy groups -OCH3 is 1. The lowest BCUT2D eigenvalue weighted by Crippen LogP contribution is -2.45. The van der Waals surface area contributed by atoms with Gasteiger partial charge in [0.05, 0.1) is 24.4 Å². The number of nitrogens with zero attached hydrogens (tertiary/aromatic N) is 1. The van der Waals surface area contributed by atoms with Gasteiger partial charge in [0.1, 0.15) is 11.6 Å². The third-order valence-corrected chi connectivity index (χ3v) is 4.69. The Morgan fingerprint density at radius 1 is 1.21 bits per heavy atom. The maximum absolute atomic E-state index is 13.7. The second-order valence-corrected chi connectivity index (χ2v) is 6.64. The van der Waals surface area contributed by atoms with Crippen LogP contribution in [0.5, 0.6) is 5.75 Å². The number of ether oxygens (including phenoxy) is 1. The first kappa shape index (κ1) is 22.3. The van der Waals surface area contributed by atoms with Gasteiger partial charge in [0.25, 0.3) is 0 Å². The van der Waals surface area contributed by atoms with Gasteiger partial charge < -0.3 is 26.0 Å². The van der Waals surface area contributed by atoms with Gasteiger partial charge in [-0.1, -0.05) is 12.1 Å². The van der Waals surface area contributed by atoms with E-state index < -0.39 is 11.8 Å². The molecule has 1 saturated heterocycles. The first-order valence-electron chi connectivity index (χ1n) is 9.02. The van der Waals surface area contributed by atoms with E-state index in [0.29, 0.717) is 36.5 Å². The van der Waals surface area contributed by atoms with E-state index in [-0.39, 0.29) is 36.5 Å². The largest absolute Gasteiger partial charge is 0.495 e. The number of benzene rings is 2. The standard InChI is InChI=1S/C20H23FN4O3.ClH/c1-28-18-9-8-14(11-16(18)22)23-19(26)13-5-4-10-25(12-13)20(27)24-17-7-3-2-6-15(17)21;/h2-3,6-9,11,13H,4-5,10,12,22H2,1H3,(H,23,26)(H,24,27);1H. The van der Waals surface area contributed by atoms with Crippen molar-refractivity contribution in [3.63, 3.8) is 0 Å². The molecule has 1 aliphatic rings. The minimum atomic E-state index is -0.501. The summed E-state index contributed by atoms with van der Waals surface area (Å²) < 4.78 is 18.8. The van der Waals surface area contributed by atoms with Crippen LogP contribution in [0, 0.1) is 11.7 Å². The van der Waals surface area contributed by atoms with Crippen molar-refractivity contribution in [3.8, 4) is 5.75 Å². The van der Waals surface area contributed by atoms with Crippen molar-refractivity contribution >= 4 is 41.4 Å². The molecular formula is C20H24ClFN4O3. The van der Waals surface area contributed by atoms with E-state index >= 15 is 0 Å². The molecule has 1 atom stereocenters. The normalized spacial score (nSPS) is 15.8. The molecule has 0 bridgehead atoms. The predicted octanol–water partition coefficient (Wildman–Crippen LogP) is 3.72. The van der Waals surface area contributed by atoms with Gasteiger partial charge in [-0.3, -0.25) is 4.79 Å². The van der Waals surface area contributed by atoms with Crippen molar-refractivity contribution in [2.45, 2.75) is 12.8 Å². The average molecular weight is 423 g/mol. The minimum Gasteiger partial charge on any atom is -0.495 e. The Kier molecular flexibility index (Phi) is 7.67. The predicted molar refractivity (Wildman–Crippen MR) is 113 cm³/mol. The maximum Gasteiger partial charge on any atom is 0.321 e. The van der Waals surface area contributed by atoms with Crippen LogP contribution < -0.4 is 21.1 Å². The van der Waals surface area contributed by atoms with E-state index in [1.54, 1.807) is 30.3 Å². The second kappa shape index (κ2) is 9.97. The van der Waals surface area contributed by atoms with Crippen LogP contribution in [0.3, 0.4) is 0 Å². The average Bonchev–Trinajstić information content (AvgIpc) is 2.70. The van der Waals surface area contributed by atoms with Crippen molar-refractivity contribution in [1.82, 2.24) is 4.90 Å². The summed E-state index contributed by atoms with van der Waals surface area (Å²) in [5.41, 5.74) is 6.98. The lowest BCUT2D eigenvalue weighted by Gasteiger charge is -2.32. The van der Waals surface area contributed by atoms with Crippen LogP contribution in [0.1, 0.15) is 12.8 Å². The zero-order valence-corrected chi connectivity index (χ0v) is 16.8. The van der Waals surface area contributed by atoms with Gasteiger partial charge in [0.15, 0.2) is 0 Å². The summed E-state index contributed by atoms with van der Waals surface area (Å²) in [5.74, 6) is -0.512. The zero-order chi connectivity index (χ0) is 20.1. The number of hydrogen-bond donors (Lipinski definition) is 3. The molecule has 156 valence electrons. The highest BCUT2D eigenvalue weighted by Crippen LogP contribution is 2.26. The van der Waals surface area contributed by atoms with Gasteiger partial charge in [-0.15, -0.1) is 12.4 Å². The van der Waals surface area contributed by atoms with Gasteiger partial charge in [-0.05, 0) is 43.2 Å². The molecule has 0 aliphatic carbocycles. The molecule has 3 amide bonds. The second-order valence-electron chi connectivity index (χ2n) is 6.64. The number of rotatable bonds is 4. The van der Waals surface area contributed by atoms with Gasteiger partial charge >= 0.3 is 6.03 Å². The summed E-state index contributed by atoms with van der Waals surface area (Å²) in [7, 11) is 1.52. The van der Waals surface area contributed by atoms with Gasteiger partial charge in [0.2, 0.25) is 5.91 Å². The molecule has 7 nitrogen and oxygen atoms in total. The van der Waals surface area contributed by atoms with Gasteiger partial charge in [0, 0.05) is 18.8 Å². The van der Waals surface area contributed by atoms with Crippen molar-refractivity contribution in [2.75, 3.05) is 36.6 Å². The number of piperidine rings is 1. The number of carbonyl (C=O) groups excluding carboxylic acids is 2. The molecule has 9 heteroatoms. The summed E-state index contributed by atoms with van der Waals surface area (Å²) in [6.07, 6.45) is 1.36. The first-order valence-corrected chi connectivity index (χ1v) is 9.02. The van der Waals surface area contributed by atoms with Crippen molar-refractivity contribution in [3.05, 3.63) is 48.3 Å². The Balaban J connectivity index is 0.00000300. The van der Waals surface area contributed by atoms with E-state index in [0.717, 1.165) is 0 Å². The monoisotopic (exact) mass is 422 g/mol. The van der Waals surface area contributed by atoms with E-state index in [4.69, 9.17) is 10.5 Å². The molecule has 0 aromatic heterocycles. The maximum atomic E-state index is 13.7. The fourth-order valence-corrected chi connectivity index (χ4v) is 3.19. The molecule has 1 fully saturated rings. The number of carbonyl (C=O) groups is 2. The fraction of sp³-hybridized carbons (Fsp3) is 0.300. The summed E-state index contributed by atoms with van der Waals surface area (Å²) in [5, 5.41) is 5.39. The molecule has 0 radical (unpaired) electrons. The van der Waals surface area contributed by atoms with Crippen LogP contribution in [-0.4, -0.2) is 37.0 Å². The molecule has 1 aliphatic heterocycles. The van der Waals surface area contributed by atoms with Crippen LogP contribution in [0.2, 0.25) is 0 Å². The van der Waals surface area contributed by atoms with E-state index in [1.807, 2.05) is 0 Å². The fourth-order valence-electron chi connectivity index (χ4n) is 3.19. The quantitative estimate of drug-likeness (QED) is 0.654. The molecule has 29 heavy (non-hydrogen) atoms. The number of para-hydroxylation sites is 1. The number of nitrogens with one attached hydrogen (secondary N) is 2. The summed E-state index contributed by atoms with van der Waals surface area (Å²) in [6.45, 7) is 0.775. The van der Waals surface area contributed by atoms with E-state index in [2.05, 4.69) is 10.6 Å².